The maximum Gasteiger partial charge on any atom is 0.307 e. The van der Waals surface area contributed by atoms with E-state index in [2.05, 4.69) is 0 Å². The maximum absolute atomic E-state index is 12.4. The Hall–Kier alpha value is -1.36. The number of hydrogen-bond donors (Lipinski definition) is 1. The van der Waals surface area contributed by atoms with Crippen LogP contribution in [0.2, 0.25) is 0 Å². The van der Waals surface area contributed by atoms with Gasteiger partial charge in [-0.3, -0.25) is 9.59 Å². The quantitative estimate of drug-likeness (QED) is 0.923. The van der Waals surface area contributed by atoms with Crippen LogP contribution < -0.4 is 0 Å². The summed E-state index contributed by atoms with van der Waals surface area (Å²) in [6.07, 6.45) is 3.18. The molecule has 0 unspecified atom stereocenters. The molecule has 1 aliphatic rings. The fraction of sp³-hybridized carbons (Fsp3) is 0.571. The van der Waals surface area contributed by atoms with E-state index in [1.165, 1.54) is 0 Å². The Morgan fingerprint density at radius 1 is 1.37 bits per heavy atom. The number of carboxylic acid groups (broad SMARTS) is 1. The van der Waals surface area contributed by atoms with E-state index >= 15 is 0 Å². The minimum atomic E-state index is -0.831. The summed E-state index contributed by atoms with van der Waals surface area (Å²) in [4.78, 5) is 25.3. The second-order valence-electron chi connectivity index (χ2n) is 5.16. The van der Waals surface area contributed by atoms with Gasteiger partial charge in [-0.1, -0.05) is 12.8 Å². The Morgan fingerprint density at radius 3 is 2.63 bits per heavy atom. The van der Waals surface area contributed by atoms with Crippen LogP contribution in [0, 0.1) is 11.8 Å². The molecule has 2 atom stereocenters. The number of aliphatic carboxylic acids is 1. The Labute approximate surface area is 117 Å². The molecule has 104 valence electrons. The van der Waals surface area contributed by atoms with E-state index in [4.69, 9.17) is 0 Å². The Balaban J connectivity index is 2.02. The van der Waals surface area contributed by atoms with Crippen molar-refractivity contribution in [1.29, 1.82) is 0 Å². The number of carboxylic acids is 1. The van der Waals surface area contributed by atoms with E-state index in [0.29, 0.717) is 19.4 Å². The lowest BCUT2D eigenvalue weighted by molar-refractivity contribution is -0.152. The van der Waals surface area contributed by atoms with Gasteiger partial charge in [0.05, 0.1) is 11.8 Å². The van der Waals surface area contributed by atoms with Gasteiger partial charge in [-0.15, -0.1) is 0 Å². The number of nitrogens with zero attached hydrogens (tertiary/aromatic N) is 1. The lowest BCUT2D eigenvalue weighted by Gasteiger charge is -2.30. The van der Waals surface area contributed by atoms with Crippen LogP contribution in [0.5, 0.6) is 0 Å². The van der Waals surface area contributed by atoms with Gasteiger partial charge in [-0.05, 0) is 35.2 Å². The number of thiophene rings is 1. The highest BCUT2D eigenvalue weighted by Crippen LogP contribution is 2.31. The first-order valence-corrected chi connectivity index (χ1v) is 7.52. The second-order valence-corrected chi connectivity index (χ2v) is 5.94. The zero-order valence-corrected chi connectivity index (χ0v) is 11.9. The van der Waals surface area contributed by atoms with E-state index in [9.17, 15) is 14.7 Å². The molecule has 0 aliphatic heterocycles. The molecule has 0 bridgehead atoms. The standard InChI is InChI=1S/C14H19NO3S/c1-15(8-10-6-7-19-9-10)13(16)11-4-2-3-5-12(11)14(17)18/h6-7,9,11-12H,2-5,8H2,1H3,(H,17,18)/t11-,12+/m1/s1. The van der Waals surface area contributed by atoms with Crippen LogP contribution in [0.1, 0.15) is 31.2 Å². The van der Waals surface area contributed by atoms with Crippen LogP contribution in [0.15, 0.2) is 16.8 Å². The van der Waals surface area contributed by atoms with E-state index in [1.54, 1.807) is 23.3 Å². The summed E-state index contributed by atoms with van der Waals surface area (Å²) < 4.78 is 0. The molecule has 1 aromatic rings. The van der Waals surface area contributed by atoms with Gasteiger partial charge in [-0.2, -0.15) is 11.3 Å². The molecule has 0 spiro atoms. The Kier molecular flexibility index (Phi) is 4.58. The molecular weight excluding hydrogens is 262 g/mol. The highest BCUT2D eigenvalue weighted by Gasteiger charge is 2.36. The van der Waals surface area contributed by atoms with Crippen molar-refractivity contribution in [1.82, 2.24) is 4.90 Å². The molecule has 1 saturated carbocycles. The van der Waals surface area contributed by atoms with Gasteiger partial charge in [0.25, 0.3) is 0 Å². The van der Waals surface area contributed by atoms with Crippen LogP contribution in [-0.4, -0.2) is 28.9 Å². The molecule has 1 amide bonds. The zero-order chi connectivity index (χ0) is 13.8. The number of carbonyl (C=O) groups excluding carboxylic acids is 1. The molecule has 0 saturated heterocycles. The highest BCUT2D eigenvalue weighted by atomic mass is 32.1. The first kappa shape index (κ1) is 14.1. The van der Waals surface area contributed by atoms with Gasteiger partial charge in [0, 0.05) is 13.6 Å². The van der Waals surface area contributed by atoms with Gasteiger partial charge in [0.2, 0.25) is 5.91 Å². The van der Waals surface area contributed by atoms with Crippen molar-refractivity contribution in [2.24, 2.45) is 11.8 Å². The third kappa shape index (κ3) is 3.35. The first-order chi connectivity index (χ1) is 9.09. The Morgan fingerprint density at radius 2 is 2.05 bits per heavy atom. The van der Waals surface area contributed by atoms with Crippen LogP contribution in [0.3, 0.4) is 0 Å². The fourth-order valence-corrected chi connectivity index (χ4v) is 3.40. The molecule has 1 heterocycles. The van der Waals surface area contributed by atoms with E-state index in [-0.39, 0.29) is 11.8 Å². The minimum Gasteiger partial charge on any atom is -0.481 e. The predicted molar refractivity (Wildman–Crippen MR) is 73.9 cm³/mol. The van der Waals surface area contributed by atoms with Crippen molar-refractivity contribution in [3.05, 3.63) is 22.4 Å². The second kappa shape index (κ2) is 6.19. The summed E-state index contributed by atoms with van der Waals surface area (Å²) in [6, 6.07) is 1.99. The van der Waals surface area contributed by atoms with Crippen LogP contribution in [0.25, 0.3) is 0 Å². The summed E-state index contributed by atoms with van der Waals surface area (Å²) in [5.41, 5.74) is 1.10. The first-order valence-electron chi connectivity index (χ1n) is 6.58. The van der Waals surface area contributed by atoms with Gasteiger partial charge < -0.3 is 10.0 Å². The molecule has 0 aromatic carbocycles. The molecule has 2 rings (SSSR count). The molecule has 0 radical (unpaired) electrons. The number of rotatable bonds is 4. The van der Waals surface area contributed by atoms with Crippen molar-refractivity contribution >= 4 is 23.2 Å². The molecule has 1 aliphatic carbocycles. The van der Waals surface area contributed by atoms with Crippen molar-refractivity contribution in [3.8, 4) is 0 Å². The molecule has 1 fully saturated rings. The number of carbonyl (C=O) groups is 2. The van der Waals surface area contributed by atoms with Gasteiger partial charge in [0.15, 0.2) is 0 Å². The third-order valence-electron chi connectivity index (χ3n) is 3.78. The molecule has 19 heavy (non-hydrogen) atoms. The largest absolute Gasteiger partial charge is 0.481 e. The zero-order valence-electron chi connectivity index (χ0n) is 11.0. The summed E-state index contributed by atoms with van der Waals surface area (Å²) >= 11 is 1.60. The van der Waals surface area contributed by atoms with Crippen molar-refractivity contribution in [2.45, 2.75) is 32.2 Å². The smallest absolute Gasteiger partial charge is 0.307 e. The molecular formula is C14H19NO3S. The summed E-state index contributed by atoms with van der Waals surface area (Å²) in [6.45, 7) is 0.561. The molecule has 5 heteroatoms. The molecule has 4 nitrogen and oxygen atoms in total. The Bertz CT molecular complexity index is 444. The average Bonchev–Trinajstić information content (AvgIpc) is 2.90. The topological polar surface area (TPSA) is 57.6 Å². The van der Waals surface area contributed by atoms with Crippen molar-refractivity contribution < 1.29 is 14.7 Å². The average molecular weight is 281 g/mol. The van der Waals surface area contributed by atoms with Crippen molar-refractivity contribution in [3.63, 3.8) is 0 Å². The fourth-order valence-electron chi connectivity index (χ4n) is 2.74. The maximum atomic E-state index is 12.4. The monoisotopic (exact) mass is 281 g/mol. The van der Waals surface area contributed by atoms with Crippen LogP contribution in [-0.2, 0) is 16.1 Å². The minimum absolute atomic E-state index is 0.0294. The van der Waals surface area contributed by atoms with E-state index < -0.39 is 11.9 Å². The SMILES string of the molecule is CN(Cc1ccsc1)C(=O)[C@@H]1CCCC[C@@H]1C(=O)O. The third-order valence-corrected chi connectivity index (χ3v) is 4.51. The van der Waals surface area contributed by atoms with Gasteiger partial charge in [-0.25, -0.2) is 0 Å². The van der Waals surface area contributed by atoms with Gasteiger partial charge >= 0.3 is 5.97 Å². The molecule has 1 N–H and O–H groups in total. The summed E-state index contributed by atoms with van der Waals surface area (Å²) in [5, 5.41) is 13.2. The van der Waals surface area contributed by atoms with Crippen LogP contribution in [0.4, 0.5) is 0 Å². The predicted octanol–water partition coefficient (Wildman–Crippen LogP) is 2.60. The number of hydrogen-bond acceptors (Lipinski definition) is 3. The highest BCUT2D eigenvalue weighted by molar-refractivity contribution is 7.07. The summed E-state index contributed by atoms with van der Waals surface area (Å²) in [7, 11) is 1.76. The lowest BCUT2D eigenvalue weighted by Crippen LogP contribution is -2.40. The van der Waals surface area contributed by atoms with Gasteiger partial charge in [0.1, 0.15) is 0 Å². The van der Waals surface area contributed by atoms with Crippen molar-refractivity contribution in [2.75, 3.05) is 7.05 Å². The number of amides is 1. The van der Waals surface area contributed by atoms with E-state index in [1.807, 2.05) is 16.8 Å². The summed E-state index contributed by atoms with van der Waals surface area (Å²) in [5.74, 6) is -1.72. The van der Waals surface area contributed by atoms with Crippen LogP contribution >= 0.6 is 11.3 Å². The lowest BCUT2D eigenvalue weighted by atomic mass is 9.78. The van der Waals surface area contributed by atoms with E-state index in [0.717, 1.165) is 18.4 Å². The normalized spacial score (nSPS) is 23.0. The molecule has 1 aromatic heterocycles.